The first-order valence-corrected chi connectivity index (χ1v) is 5.69. The van der Waals surface area contributed by atoms with E-state index in [0.717, 1.165) is 22.5 Å². The van der Waals surface area contributed by atoms with E-state index < -0.39 is 0 Å². The van der Waals surface area contributed by atoms with E-state index in [2.05, 4.69) is 9.97 Å². The van der Waals surface area contributed by atoms with Gasteiger partial charge in [-0.3, -0.25) is 9.38 Å². The average Bonchev–Trinajstić information content (AvgIpc) is 2.69. The highest BCUT2D eigenvalue weighted by Gasteiger charge is 2.12. The Morgan fingerprint density at radius 3 is 2.71 bits per heavy atom. The van der Waals surface area contributed by atoms with Gasteiger partial charge in [-0.25, -0.2) is 4.98 Å². The van der Waals surface area contributed by atoms with Crippen LogP contribution in [0.25, 0.3) is 16.9 Å². The number of rotatable bonds is 1. The number of imidazole rings is 1. The molecule has 3 aromatic heterocycles. The zero-order chi connectivity index (χ0) is 11.8. The first-order valence-electron chi connectivity index (χ1n) is 5.31. The summed E-state index contributed by atoms with van der Waals surface area (Å²) in [5.74, 6) is 0.844. The van der Waals surface area contributed by atoms with Gasteiger partial charge in [0.25, 0.3) is 0 Å². The van der Waals surface area contributed by atoms with Crippen molar-refractivity contribution in [2.75, 3.05) is 0 Å². The number of hydrogen-bond acceptors (Lipinski definition) is 2. The van der Waals surface area contributed by atoms with Gasteiger partial charge >= 0.3 is 0 Å². The Labute approximate surface area is 104 Å². The second kappa shape index (κ2) is 3.86. The summed E-state index contributed by atoms with van der Waals surface area (Å²) >= 11 is 6.19. The number of hydrogen-bond donors (Lipinski definition) is 0. The topological polar surface area (TPSA) is 30.2 Å². The van der Waals surface area contributed by atoms with E-state index in [1.54, 1.807) is 12.4 Å². The molecule has 0 spiro atoms. The quantitative estimate of drug-likeness (QED) is 0.656. The highest BCUT2D eigenvalue weighted by Crippen LogP contribution is 2.27. The summed E-state index contributed by atoms with van der Waals surface area (Å²) < 4.78 is 2.01. The van der Waals surface area contributed by atoms with Gasteiger partial charge in [-0.05, 0) is 30.7 Å². The van der Waals surface area contributed by atoms with Crippen molar-refractivity contribution in [1.82, 2.24) is 14.4 Å². The maximum Gasteiger partial charge on any atom is 0.155 e. The number of fused-ring (bicyclic) bond motifs is 1. The summed E-state index contributed by atoms with van der Waals surface area (Å²) in [6, 6.07) is 7.87. The molecule has 0 saturated carbocycles. The molecular formula is C13H10ClN3. The highest BCUT2D eigenvalue weighted by atomic mass is 35.5. The largest absolute Gasteiger partial charge is 0.298 e. The summed E-state index contributed by atoms with van der Waals surface area (Å²) in [5, 5.41) is 0.537. The summed E-state index contributed by atoms with van der Waals surface area (Å²) in [5.41, 5.74) is 3.08. The zero-order valence-electron chi connectivity index (χ0n) is 9.26. The average molecular weight is 244 g/mol. The third-order valence-corrected chi connectivity index (χ3v) is 3.03. The number of halogens is 1. The van der Waals surface area contributed by atoms with Crippen molar-refractivity contribution in [3.63, 3.8) is 0 Å². The molecule has 3 heterocycles. The number of nitrogens with zero attached hydrogens (tertiary/aromatic N) is 3. The third-order valence-electron chi connectivity index (χ3n) is 2.76. The molecular weight excluding hydrogens is 234 g/mol. The standard InChI is InChI=1S/C13H10ClN3/c1-9-3-2-8-17-11(9)12(14)16-13(17)10-4-6-15-7-5-10/h2-8H,1H3. The molecule has 0 amide bonds. The molecule has 0 unspecified atom stereocenters. The smallest absolute Gasteiger partial charge is 0.155 e. The van der Waals surface area contributed by atoms with Crippen LogP contribution in [0.1, 0.15) is 5.56 Å². The lowest BCUT2D eigenvalue weighted by Crippen LogP contribution is -1.90. The summed E-state index contributed by atoms with van der Waals surface area (Å²) in [4.78, 5) is 8.43. The minimum atomic E-state index is 0.537. The number of aromatic nitrogens is 3. The molecule has 0 saturated heterocycles. The fourth-order valence-electron chi connectivity index (χ4n) is 1.96. The van der Waals surface area contributed by atoms with Crippen LogP contribution in [0, 0.1) is 6.92 Å². The first-order chi connectivity index (χ1) is 8.27. The van der Waals surface area contributed by atoms with Crippen LogP contribution in [-0.2, 0) is 0 Å². The molecule has 4 heteroatoms. The van der Waals surface area contributed by atoms with Crippen molar-refractivity contribution < 1.29 is 0 Å². The van der Waals surface area contributed by atoms with Crippen LogP contribution in [0.5, 0.6) is 0 Å². The second-order valence-electron chi connectivity index (χ2n) is 3.87. The van der Waals surface area contributed by atoms with Crippen LogP contribution in [0.15, 0.2) is 42.9 Å². The Morgan fingerprint density at radius 1 is 1.18 bits per heavy atom. The van der Waals surface area contributed by atoms with Gasteiger partial charge in [0.15, 0.2) is 5.15 Å². The van der Waals surface area contributed by atoms with Crippen LogP contribution in [0.3, 0.4) is 0 Å². The Balaban J connectivity index is 2.36. The lowest BCUT2D eigenvalue weighted by molar-refractivity contribution is 1.15. The van der Waals surface area contributed by atoms with Crippen molar-refractivity contribution >= 4 is 17.1 Å². The van der Waals surface area contributed by atoms with Crippen molar-refractivity contribution in [3.05, 3.63) is 53.6 Å². The Hall–Kier alpha value is -1.87. The predicted molar refractivity (Wildman–Crippen MR) is 68.2 cm³/mol. The molecule has 0 aromatic carbocycles. The number of pyridine rings is 2. The third kappa shape index (κ3) is 1.59. The zero-order valence-corrected chi connectivity index (χ0v) is 10.0. The maximum absolute atomic E-state index is 6.19. The van der Waals surface area contributed by atoms with E-state index in [9.17, 15) is 0 Å². The summed E-state index contributed by atoms with van der Waals surface area (Å²) in [7, 11) is 0. The molecule has 0 atom stereocenters. The summed E-state index contributed by atoms with van der Waals surface area (Å²) in [6.07, 6.45) is 5.47. The van der Waals surface area contributed by atoms with Crippen molar-refractivity contribution in [2.24, 2.45) is 0 Å². The molecule has 0 aliphatic heterocycles. The lowest BCUT2D eigenvalue weighted by Gasteiger charge is -2.02. The fraction of sp³-hybridized carbons (Fsp3) is 0.0769. The monoisotopic (exact) mass is 243 g/mol. The van der Waals surface area contributed by atoms with Crippen LogP contribution >= 0.6 is 11.6 Å². The van der Waals surface area contributed by atoms with Gasteiger partial charge in [0.05, 0.1) is 5.52 Å². The molecule has 84 valence electrons. The molecule has 3 rings (SSSR count). The van der Waals surface area contributed by atoms with E-state index in [4.69, 9.17) is 11.6 Å². The van der Waals surface area contributed by atoms with E-state index in [-0.39, 0.29) is 0 Å². The molecule has 0 bridgehead atoms. The minimum Gasteiger partial charge on any atom is -0.298 e. The van der Waals surface area contributed by atoms with Crippen LogP contribution < -0.4 is 0 Å². The number of aryl methyl sites for hydroxylation is 1. The van der Waals surface area contributed by atoms with Gasteiger partial charge in [-0.1, -0.05) is 17.7 Å². The molecule has 3 aromatic rings. The highest BCUT2D eigenvalue weighted by molar-refractivity contribution is 6.33. The van der Waals surface area contributed by atoms with E-state index in [1.807, 2.05) is 41.8 Å². The fourth-order valence-corrected chi connectivity index (χ4v) is 2.28. The maximum atomic E-state index is 6.19. The summed E-state index contributed by atoms with van der Waals surface area (Å²) in [6.45, 7) is 2.03. The van der Waals surface area contributed by atoms with Gasteiger partial charge < -0.3 is 0 Å². The van der Waals surface area contributed by atoms with E-state index >= 15 is 0 Å². The molecule has 17 heavy (non-hydrogen) atoms. The molecule has 3 nitrogen and oxygen atoms in total. The normalized spacial score (nSPS) is 10.9. The Morgan fingerprint density at radius 2 is 1.94 bits per heavy atom. The molecule has 0 fully saturated rings. The minimum absolute atomic E-state index is 0.537. The van der Waals surface area contributed by atoms with Crippen molar-refractivity contribution in [1.29, 1.82) is 0 Å². The predicted octanol–water partition coefficient (Wildman–Crippen LogP) is 3.36. The molecule has 0 N–H and O–H groups in total. The molecule has 0 aliphatic rings. The van der Waals surface area contributed by atoms with Gasteiger partial charge in [0.1, 0.15) is 5.82 Å². The van der Waals surface area contributed by atoms with Crippen LogP contribution in [0.2, 0.25) is 5.15 Å². The lowest BCUT2D eigenvalue weighted by atomic mass is 10.2. The van der Waals surface area contributed by atoms with Gasteiger partial charge in [0.2, 0.25) is 0 Å². The molecule has 0 aliphatic carbocycles. The first kappa shape index (κ1) is 10.3. The second-order valence-corrected chi connectivity index (χ2v) is 4.23. The van der Waals surface area contributed by atoms with Crippen molar-refractivity contribution in [3.8, 4) is 11.4 Å². The SMILES string of the molecule is Cc1cccn2c(-c3ccncc3)nc(Cl)c12. The Bertz CT molecular complexity index is 674. The van der Waals surface area contributed by atoms with Crippen LogP contribution in [-0.4, -0.2) is 14.4 Å². The Kier molecular flexibility index (Phi) is 2.34. The van der Waals surface area contributed by atoms with Gasteiger partial charge in [-0.15, -0.1) is 0 Å². The van der Waals surface area contributed by atoms with E-state index in [1.165, 1.54) is 0 Å². The van der Waals surface area contributed by atoms with Crippen LogP contribution in [0.4, 0.5) is 0 Å². The van der Waals surface area contributed by atoms with Crippen molar-refractivity contribution in [2.45, 2.75) is 6.92 Å². The van der Waals surface area contributed by atoms with E-state index in [0.29, 0.717) is 5.15 Å². The van der Waals surface area contributed by atoms with Gasteiger partial charge in [-0.2, -0.15) is 0 Å². The molecule has 0 radical (unpaired) electrons. The van der Waals surface area contributed by atoms with Gasteiger partial charge in [0, 0.05) is 24.2 Å².